The fourth-order valence-corrected chi connectivity index (χ4v) is 0.828. The average Bonchev–Trinajstić information content (AvgIpc) is 2.18. The number of rotatable bonds is 3. The molecule has 0 amide bonds. The first-order chi connectivity index (χ1) is 6.65. The van der Waals surface area contributed by atoms with Crippen LogP contribution in [-0.2, 0) is 4.74 Å². The zero-order valence-electron chi connectivity index (χ0n) is 8.23. The second-order valence-corrected chi connectivity index (χ2v) is 2.91. The summed E-state index contributed by atoms with van der Waals surface area (Å²) in [5, 5.41) is 0. The standard InChI is InChI=1S/C9H13N3O2/c1-3-6(2)14-9(13)7-8(10)12-5-4-11-7/h4-6H,3H2,1-2H3,(H2,10,12). The smallest absolute Gasteiger partial charge is 0.361 e. The van der Waals surface area contributed by atoms with Gasteiger partial charge in [-0.3, -0.25) is 0 Å². The summed E-state index contributed by atoms with van der Waals surface area (Å²) in [5.74, 6) is -0.425. The van der Waals surface area contributed by atoms with Crippen molar-refractivity contribution < 1.29 is 9.53 Å². The second-order valence-electron chi connectivity index (χ2n) is 2.91. The van der Waals surface area contributed by atoms with Crippen LogP contribution in [0.4, 0.5) is 5.82 Å². The summed E-state index contributed by atoms with van der Waals surface area (Å²) in [6.07, 6.45) is 3.45. The van der Waals surface area contributed by atoms with Gasteiger partial charge in [-0.05, 0) is 13.3 Å². The van der Waals surface area contributed by atoms with Gasteiger partial charge >= 0.3 is 5.97 Å². The lowest BCUT2D eigenvalue weighted by atomic mass is 10.3. The number of ether oxygens (including phenoxy) is 1. The van der Waals surface area contributed by atoms with Crippen molar-refractivity contribution in [2.24, 2.45) is 0 Å². The fraction of sp³-hybridized carbons (Fsp3) is 0.444. The molecule has 0 saturated carbocycles. The van der Waals surface area contributed by atoms with E-state index in [0.717, 1.165) is 6.42 Å². The molecule has 2 N–H and O–H groups in total. The van der Waals surface area contributed by atoms with Gasteiger partial charge in [-0.1, -0.05) is 6.92 Å². The lowest BCUT2D eigenvalue weighted by Gasteiger charge is -2.10. The number of anilines is 1. The van der Waals surface area contributed by atoms with Crippen LogP contribution in [0.15, 0.2) is 12.4 Å². The molecule has 1 unspecified atom stereocenters. The molecule has 0 aliphatic carbocycles. The number of aromatic nitrogens is 2. The van der Waals surface area contributed by atoms with E-state index in [9.17, 15) is 4.79 Å². The van der Waals surface area contributed by atoms with Crippen molar-refractivity contribution in [2.45, 2.75) is 26.4 Å². The van der Waals surface area contributed by atoms with E-state index in [-0.39, 0.29) is 17.6 Å². The Kier molecular flexibility index (Phi) is 3.39. The van der Waals surface area contributed by atoms with E-state index >= 15 is 0 Å². The first kappa shape index (κ1) is 10.4. The monoisotopic (exact) mass is 195 g/mol. The Morgan fingerprint density at radius 1 is 1.57 bits per heavy atom. The Hall–Kier alpha value is -1.65. The van der Waals surface area contributed by atoms with Gasteiger partial charge in [0, 0.05) is 12.4 Å². The molecule has 5 heteroatoms. The van der Waals surface area contributed by atoms with Crippen LogP contribution in [-0.4, -0.2) is 22.0 Å². The van der Waals surface area contributed by atoms with E-state index in [1.165, 1.54) is 12.4 Å². The minimum atomic E-state index is -0.523. The molecular formula is C9H13N3O2. The molecule has 5 nitrogen and oxygen atoms in total. The molecule has 0 aromatic carbocycles. The quantitative estimate of drug-likeness (QED) is 0.728. The number of hydrogen-bond donors (Lipinski definition) is 1. The van der Waals surface area contributed by atoms with Gasteiger partial charge < -0.3 is 10.5 Å². The van der Waals surface area contributed by atoms with Crippen LogP contribution in [0.5, 0.6) is 0 Å². The highest BCUT2D eigenvalue weighted by molar-refractivity contribution is 5.91. The molecular weight excluding hydrogens is 182 g/mol. The van der Waals surface area contributed by atoms with Crippen LogP contribution in [0.2, 0.25) is 0 Å². The maximum atomic E-state index is 11.4. The van der Waals surface area contributed by atoms with Crippen molar-refractivity contribution in [3.05, 3.63) is 18.1 Å². The zero-order chi connectivity index (χ0) is 10.6. The van der Waals surface area contributed by atoms with Crippen LogP contribution < -0.4 is 5.73 Å². The lowest BCUT2D eigenvalue weighted by molar-refractivity contribution is 0.0328. The van der Waals surface area contributed by atoms with E-state index in [1.54, 1.807) is 0 Å². The summed E-state index contributed by atoms with van der Waals surface area (Å²) in [4.78, 5) is 19.0. The summed E-state index contributed by atoms with van der Waals surface area (Å²) >= 11 is 0. The summed E-state index contributed by atoms with van der Waals surface area (Å²) in [5.41, 5.74) is 5.54. The fourth-order valence-electron chi connectivity index (χ4n) is 0.828. The van der Waals surface area contributed by atoms with E-state index in [4.69, 9.17) is 10.5 Å². The van der Waals surface area contributed by atoms with Crippen LogP contribution >= 0.6 is 0 Å². The lowest BCUT2D eigenvalue weighted by Crippen LogP contribution is -2.17. The van der Waals surface area contributed by atoms with E-state index < -0.39 is 5.97 Å². The van der Waals surface area contributed by atoms with Gasteiger partial charge in [-0.15, -0.1) is 0 Å². The van der Waals surface area contributed by atoms with E-state index in [1.807, 2.05) is 13.8 Å². The normalized spacial score (nSPS) is 12.1. The molecule has 0 aliphatic heterocycles. The summed E-state index contributed by atoms with van der Waals surface area (Å²) in [7, 11) is 0. The number of nitrogens with two attached hydrogens (primary N) is 1. The number of nitrogen functional groups attached to an aromatic ring is 1. The summed E-state index contributed by atoms with van der Waals surface area (Å²) in [6.45, 7) is 3.74. The van der Waals surface area contributed by atoms with Gasteiger partial charge in [0.05, 0.1) is 6.10 Å². The van der Waals surface area contributed by atoms with Crippen molar-refractivity contribution >= 4 is 11.8 Å². The maximum absolute atomic E-state index is 11.4. The molecule has 0 fully saturated rings. The molecule has 0 saturated heterocycles. The molecule has 1 aromatic heterocycles. The Morgan fingerprint density at radius 3 is 2.79 bits per heavy atom. The topological polar surface area (TPSA) is 78.1 Å². The minimum Gasteiger partial charge on any atom is -0.458 e. The van der Waals surface area contributed by atoms with Gasteiger partial charge in [0.1, 0.15) is 0 Å². The van der Waals surface area contributed by atoms with E-state index in [0.29, 0.717) is 0 Å². The highest BCUT2D eigenvalue weighted by atomic mass is 16.5. The van der Waals surface area contributed by atoms with Gasteiger partial charge in [0.15, 0.2) is 11.5 Å². The Morgan fingerprint density at radius 2 is 2.21 bits per heavy atom. The largest absolute Gasteiger partial charge is 0.458 e. The first-order valence-corrected chi connectivity index (χ1v) is 4.42. The molecule has 0 spiro atoms. The SMILES string of the molecule is CCC(C)OC(=O)c1nccnc1N. The first-order valence-electron chi connectivity index (χ1n) is 4.42. The molecule has 1 aromatic rings. The second kappa shape index (κ2) is 4.55. The molecule has 0 bridgehead atoms. The van der Waals surface area contributed by atoms with Crippen molar-refractivity contribution in [2.75, 3.05) is 5.73 Å². The molecule has 1 heterocycles. The third kappa shape index (κ3) is 2.42. The van der Waals surface area contributed by atoms with Crippen molar-refractivity contribution in [1.82, 2.24) is 9.97 Å². The van der Waals surface area contributed by atoms with Gasteiger partial charge in [0.25, 0.3) is 0 Å². The third-order valence-corrected chi connectivity index (χ3v) is 1.80. The minimum absolute atomic E-state index is 0.0767. The molecule has 1 rings (SSSR count). The van der Waals surface area contributed by atoms with E-state index in [2.05, 4.69) is 9.97 Å². The number of hydrogen-bond acceptors (Lipinski definition) is 5. The molecule has 0 radical (unpaired) electrons. The molecule has 1 atom stereocenters. The highest BCUT2D eigenvalue weighted by Crippen LogP contribution is 2.07. The highest BCUT2D eigenvalue weighted by Gasteiger charge is 2.15. The number of esters is 1. The summed E-state index contributed by atoms with van der Waals surface area (Å²) < 4.78 is 5.04. The molecule has 0 aliphatic rings. The predicted octanol–water partition coefficient (Wildman–Crippen LogP) is 1.01. The number of carbonyl (C=O) groups is 1. The van der Waals surface area contributed by atoms with Gasteiger partial charge in [-0.25, -0.2) is 14.8 Å². The van der Waals surface area contributed by atoms with Gasteiger partial charge in [-0.2, -0.15) is 0 Å². The maximum Gasteiger partial charge on any atom is 0.361 e. The van der Waals surface area contributed by atoms with Crippen molar-refractivity contribution in [3.8, 4) is 0 Å². The molecule has 14 heavy (non-hydrogen) atoms. The van der Waals surface area contributed by atoms with Crippen LogP contribution in [0, 0.1) is 0 Å². The van der Waals surface area contributed by atoms with Crippen LogP contribution in [0.25, 0.3) is 0 Å². The zero-order valence-corrected chi connectivity index (χ0v) is 8.23. The average molecular weight is 195 g/mol. The molecule has 76 valence electrons. The number of nitrogens with zero attached hydrogens (tertiary/aromatic N) is 2. The van der Waals surface area contributed by atoms with Crippen molar-refractivity contribution in [1.29, 1.82) is 0 Å². The van der Waals surface area contributed by atoms with Crippen LogP contribution in [0.1, 0.15) is 30.8 Å². The van der Waals surface area contributed by atoms with Gasteiger partial charge in [0.2, 0.25) is 0 Å². The Balaban J connectivity index is 2.75. The predicted molar refractivity (Wildman–Crippen MR) is 51.6 cm³/mol. The Labute approximate surface area is 82.3 Å². The third-order valence-electron chi connectivity index (χ3n) is 1.80. The Bertz CT molecular complexity index is 328. The summed E-state index contributed by atoms with van der Waals surface area (Å²) in [6, 6.07) is 0. The van der Waals surface area contributed by atoms with Crippen molar-refractivity contribution in [3.63, 3.8) is 0 Å². The van der Waals surface area contributed by atoms with Crippen LogP contribution in [0.3, 0.4) is 0 Å². The number of carbonyl (C=O) groups excluding carboxylic acids is 1.